The number of hydrogen-bond donors (Lipinski definition) is 1. The van der Waals surface area contributed by atoms with E-state index in [2.05, 4.69) is 6.92 Å². The third-order valence-electron chi connectivity index (χ3n) is 3.32. The zero-order chi connectivity index (χ0) is 12.3. The van der Waals surface area contributed by atoms with Gasteiger partial charge in [-0.05, 0) is 37.0 Å². The van der Waals surface area contributed by atoms with Gasteiger partial charge in [0.05, 0.1) is 0 Å². The highest BCUT2D eigenvalue weighted by Crippen LogP contribution is 2.32. The van der Waals surface area contributed by atoms with Gasteiger partial charge in [-0.25, -0.2) is 4.39 Å². The molecule has 1 N–H and O–H groups in total. The van der Waals surface area contributed by atoms with Crippen LogP contribution in [0, 0.1) is 11.7 Å². The van der Waals surface area contributed by atoms with E-state index in [-0.39, 0.29) is 18.5 Å². The lowest BCUT2D eigenvalue weighted by atomic mass is 9.95. The molecule has 17 heavy (non-hydrogen) atoms. The average Bonchev–Trinajstić information content (AvgIpc) is 2.69. The number of hydrogen-bond acceptors (Lipinski definition) is 2. The number of halogens is 1. The number of benzene rings is 1. The first-order valence-corrected chi connectivity index (χ1v) is 6.28. The molecule has 2 unspecified atom stereocenters. The Hall–Kier alpha value is -1.09. The van der Waals surface area contributed by atoms with Crippen molar-refractivity contribution in [3.8, 4) is 5.75 Å². The predicted molar refractivity (Wildman–Crippen MR) is 64.6 cm³/mol. The number of ether oxygens (including phenoxy) is 1. The molecule has 0 amide bonds. The lowest BCUT2D eigenvalue weighted by molar-refractivity contribution is 0.144. The Balaban J connectivity index is 1.95. The maximum atomic E-state index is 13.0. The molecule has 0 aliphatic carbocycles. The van der Waals surface area contributed by atoms with E-state index in [1.54, 1.807) is 12.1 Å². The van der Waals surface area contributed by atoms with Gasteiger partial charge in [0.15, 0.2) is 0 Å². The Kier molecular flexibility index (Phi) is 4.00. The molecule has 2 atom stereocenters. The topological polar surface area (TPSA) is 29.5 Å². The molecular weight excluding hydrogens is 219 g/mol. The van der Waals surface area contributed by atoms with Crippen molar-refractivity contribution in [3.05, 3.63) is 29.6 Å². The van der Waals surface area contributed by atoms with E-state index in [0.717, 1.165) is 37.0 Å². The van der Waals surface area contributed by atoms with E-state index < -0.39 is 0 Å². The molecule has 0 radical (unpaired) electrons. The van der Waals surface area contributed by atoms with Gasteiger partial charge in [0.25, 0.3) is 0 Å². The van der Waals surface area contributed by atoms with Crippen LogP contribution in [-0.4, -0.2) is 17.8 Å². The van der Waals surface area contributed by atoms with Crippen LogP contribution in [0.25, 0.3) is 0 Å². The van der Waals surface area contributed by atoms with Crippen LogP contribution in [0.5, 0.6) is 5.75 Å². The normalized spacial score (nSPS) is 19.8. The van der Waals surface area contributed by atoms with E-state index in [1.165, 1.54) is 6.07 Å². The van der Waals surface area contributed by atoms with Gasteiger partial charge in [-0.3, -0.25) is 0 Å². The van der Waals surface area contributed by atoms with Crippen molar-refractivity contribution in [3.63, 3.8) is 0 Å². The first kappa shape index (κ1) is 12.4. The number of aliphatic hydroxyl groups is 1. The maximum absolute atomic E-state index is 13.0. The Morgan fingerprint density at radius 1 is 1.53 bits per heavy atom. The zero-order valence-electron chi connectivity index (χ0n) is 10.2. The number of aliphatic hydroxyl groups excluding tert-OH is 1. The molecule has 1 aromatic rings. The molecule has 94 valence electrons. The third kappa shape index (κ3) is 2.97. The first-order valence-electron chi connectivity index (χ1n) is 6.28. The fourth-order valence-corrected chi connectivity index (χ4v) is 2.48. The molecular formula is C14H19FO2. The lowest BCUT2D eigenvalue weighted by Gasteiger charge is -2.17. The molecule has 1 aromatic carbocycles. The van der Waals surface area contributed by atoms with Crippen molar-refractivity contribution in [1.82, 2.24) is 0 Å². The number of fused-ring (bicyclic) bond motifs is 1. The van der Waals surface area contributed by atoms with Crippen LogP contribution >= 0.6 is 0 Å². The second kappa shape index (κ2) is 5.50. The smallest absolute Gasteiger partial charge is 0.123 e. The van der Waals surface area contributed by atoms with E-state index in [1.807, 2.05) is 0 Å². The van der Waals surface area contributed by atoms with Gasteiger partial charge >= 0.3 is 0 Å². The average molecular weight is 238 g/mol. The van der Waals surface area contributed by atoms with Crippen LogP contribution in [0.4, 0.5) is 4.39 Å². The molecule has 0 spiro atoms. The quantitative estimate of drug-likeness (QED) is 0.854. The predicted octanol–water partition coefficient (Wildman–Crippen LogP) is 2.93. The van der Waals surface area contributed by atoms with Crippen LogP contribution < -0.4 is 4.74 Å². The van der Waals surface area contributed by atoms with E-state index >= 15 is 0 Å². The van der Waals surface area contributed by atoms with Gasteiger partial charge in [0.2, 0.25) is 0 Å². The zero-order valence-corrected chi connectivity index (χ0v) is 10.2. The Bertz CT molecular complexity index is 378. The number of rotatable bonds is 5. The summed E-state index contributed by atoms with van der Waals surface area (Å²) in [5.41, 5.74) is 0.947. The largest absolute Gasteiger partial charge is 0.490 e. The monoisotopic (exact) mass is 238 g/mol. The summed E-state index contributed by atoms with van der Waals surface area (Å²) in [7, 11) is 0. The van der Waals surface area contributed by atoms with Crippen molar-refractivity contribution < 1.29 is 14.2 Å². The standard InChI is InChI=1S/C14H19FO2/c1-2-3-10(9-16)6-13-8-11-7-12(15)4-5-14(11)17-13/h4-5,7,10,13,16H,2-3,6,8-9H2,1H3. The van der Waals surface area contributed by atoms with Gasteiger partial charge < -0.3 is 9.84 Å². The van der Waals surface area contributed by atoms with Crippen LogP contribution in [0.3, 0.4) is 0 Å². The summed E-state index contributed by atoms with van der Waals surface area (Å²) < 4.78 is 18.8. The Labute approximate surface area is 101 Å². The van der Waals surface area contributed by atoms with Crippen molar-refractivity contribution in [2.75, 3.05) is 6.61 Å². The minimum atomic E-state index is -0.208. The van der Waals surface area contributed by atoms with Crippen LogP contribution in [0.2, 0.25) is 0 Å². The van der Waals surface area contributed by atoms with E-state index in [9.17, 15) is 9.50 Å². The minimum absolute atomic E-state index is 0.0931. The molecule has 0 saturated heterocycles. The molecule has 0 saturated carbocycles. The molecule has 0 bridgehead atoms. The molecule has 3 heteroatoms. The highest BCUT2D eigenvalue weighted by Gasteiger charge is 2.25. The summed E-state index contributed by atoms with van der Waals surface area (Å²) in [6.07, 6.45) is 3.78. The van der Waals surface area contributed by atoms with Gasteiger partial charge in [-0.1, -0.05) is 13.3 Å². The Morgan fingerprint density at radius 3 is 3.06 bits per heavy atom. The van der Waals surface area contributed by atoms with Crippen LogP contribution in [0.15, 0.2) is 18.2 Å². The summed E-state index contributed by atoms with van der Waals surface area (Å²) in [5, 5.41) is 9.26. The minimum Gasteiger partial charge on any atom is -0.490 e. The summed E-state index contributed by atoms with van der Waals surface area (Å²) in [4.78, 5) is 0. The molecule has 1 aliphatic heterocycles. The van der Waals surface area contributed by atoms with Gasteiger partial charge in [-0.2, -0.15) is 0 Å². The van der Waals surface area contributed by atoms with Gasteiger partial charge in [-0.15, -0.1) is 0 Å². The second-order valence-corrected chi connectivity index (χ2v) is 4.77. The van der Waals surface area contributed by atoms with Crippen molar-refractivity contribution >= 4 is 0 Å². The molecule has 2 rings (SSSR count). The van der Waals surface area contributed by atoms with Crippen LogP contribution in [0.1, 0.15) is 31.7 Å². The van der Waals surface area contributed by atoms with Gasteiger partial charge in [0, 0.05) is 18.6 Å². The molecule has 0 aromatic heterocycles. The summed E-state index contributed by atoms with van der Waals surface area (Å²) in [6, 6.07) is 4.67. The second-order valence-electron chi connectivity index (χ2n) is 4.77. The van der Waals surface area contributed by atoms with Crippen molar-refractivity contribution in [2.24, 2.45) is 5.92 Å². The van der Waals surface area contributed by atoms with Crippen molar-refractivity contribution in [2.45, 2.75) is 38.7 Å². The first-order chi connectivity index (χ1) is 8.22. The van der Waals surface area contributed by atoms with Crippen LogP contribution in [-0.2, 0) is 6.42 Å². The third-order valence-corrected chi connectivity index (χ3v) is 3.32. The summed E-state index contributed by atoms with van der Waals surface area (Å²) in [5.74, 6) is 0.883. The molecule has 0 fully saturated rings. The summed E-state index contributed by atoms with van der Waals surface area (Å²) in [6.45, 7) is 2.32. The summed E-state index contributed by atoms with van der Waals surface area (Å²) >= 11 is 0. The fourth-order valence-electron chi connectivity index (χ4n) is 2.48. The highest BCUT2D eigenvalue weighted by atomic mass is 19.1. The SMILES string of the molecule is CCCC(CO)CC1Cc2cc(F)ccc2O1. The van der Waals surface area contributed by atoms with Gasteiger partial charge in [0.1, 0.15) is 17.7 Å². The van der Waals surface area contributed by atoms with E-state index in [0.29, 0.717) is 5.92 Å². The maximum Gasteiger partial charge on any atom is 0.123 e. The molecule has 1 aliphatic rings. The fraction of sp³-hybridized carbons (Fsp3) is 0.571. The molecule has 1 heterocycles. The van der Waals surface area contributed by atoms with Crippen molar-refractivity contribution in [1.29, 1.82) is 0 Å². The molecule has 2 nitrogen and oxygen atoms in total. The Morgan fingerprint density at radius 2 is 2.35 bits per heavy atom. The van der Waals surface area contributed by atoms with E-state index in [4.69, 9.17) is 4.74 Å². The highest BCUT2D eigenvalue weighted by molar-refractivity contribution is 5.37. The lowest BCUT2D eigenvalue weighted by Crippen LogP contribution is -2.20.